The van der Waals surface area contributed by atoms with Gasteiger partial charge in [-0.15, -0.1) is 0 Å². The molecular weight excluding hydrogens is 260 g/mol. The molecule has 0 spiro atoms. The summed E-state index contributed by atoms with van der Waals surface area (Å²) in [7, 11) is 0. The van der Waals surface area contributed by atoms with E-state index in [1.165, 1.54) is 18.2 Å². The molecule has 0 fully saturated rings. The van der Waals surface area contributed by atoms with Crippen molar-refractivity contribution in [3.8, 4) is 5.75 Å². The number of carbonyl (C=O) groups excluding carboxylic acids is 1. The first kappa shape index (κ1) is 15.8. The number of nitrogen functional groups attached to an aromatic ring is 1. The molecule has 0 saturated heterocycles. The van der Waals surface area contributed by atoms with E-state index in [1.54, 1.807) is 0 Å². The van der Waals surface area contributed by atoms with Crippen LogP contribution >= 0.6 is 0 Å². The molecule has 0 radical (unpaired) electrons. The SMILES string of the molecule is CC(C)CCNC(=O)COc1ccc(N)cc1C(=O)O. The number of aromatic carboxylic acids is 1. The van der Waals surface area contributed by atoms with E-state index in [-0.39, 0.29) is 23.8 Å². The van der Waals surface area contributed by atoms with E-state index in [1.807, 2.05) is 0 Å². The molecule has 0 aliphatic heterocycles. The van der Waals surface area contributed by atoms with Crippen LogP contribution in [0.3, 0.4) is 0 Å². The highest BCUT2D eigenvalue weighted by molar-refractivity contribution is 5.92. The van der Waals surface area contributed by atoms with Gasteiger partial charge < -0.3 is 20.9 Å². The molecule has 1 aromatic rings. The predicted octanol–water partition coefficient (Wildman–Crippen LogP) is 1.51. The number of anilines is 1. The van der Waals surface area contributed by atoms with E-state index < -0.39 is 5.97 Å². The molecule has 0 aromatic heterocycles. The van der Waals surface area contributed by atoms with Crippen molar-refractivity contribution in [3.63, 3.8) is 0 Å². The van der Waals surface area contributed by atoms with Crippen molar-refractivity contribution < 1.29 is 19.4 Å². The third-order valence-corrected chi connectivity index (χ3v) is 2.64. The van der Waals surface area contributed by atoms with Crippen LogP contribution in [0.15, 0.2) is 18.2 Å². The summed E-state index contributed by atoms with van der Waals surface area (Å²) < 4.78 is 5.22. The number of benzene rings is 1. The molecule has 20 heavy (non-hydrogen) atoms. The number of hydrogen-bond acceptors (Lipinski definition) is 4. The summed E-state index contributed by atoms with van der Waals surface area (Å²) >= 11 is 0. The molecule has 0 heterocycles. The van der Waals surface area contributed by atoms with Gasteiger partial charge in [0.05, 0.1) is 0 Å². The molecule has 6 nitrogen and oxygen atoms in total. The average molecular weight is 280 g/mol. The van der Waals surface area contributed by atoms with E-state index in [2.05, 4.69) is 19.2 Å². The number of carbonyl (C=O) groups is 2. The first-order valence-corrected chi connectivity index (χ1v) is 6.42. The highest BCUT2D eigenvalue weighted by Crippen LogP contribution is 2.21. The Morgan fingerprint density at radius 2 is 2.10 bits per heavy atom. The van der Waals surface area contributed by atoms with Crippen molar-refractivity contribution in [1.82, 2.24) is 5.32 Å². The normalized spacial score (nSPS) is 10.3. The Kier molecular flexibility index (Phi) is 5.83. The Morgan fingerprint density at radius 3 is 2.70 bits per heavy atom. The Bertz CT molecular complexity index is 486. The van der Waals surface area contributed by atoms with Gasteiger partial charge in [0.15, 0.2) is 6.61 Å². The number of nitrogens with one attached hydrogen (secondary N) is 1. The topological polar surface area (TPSA) is 102 Å². The molecule has 0 bridgehead atoms. The minimum atomic E-state index is -1.15. The zero-order valence-corrected chi connectivity index (χ0v) is 11.7. The summed E-state index contributed by atoms with van der Waals surface area (Å²) in [6.07, 6.45) is 0.883. The summed E-state index contributed by atoms with van der Waals surface area (Å²) in [4.78, 5) is 22.6. The van der Waals surface area contributed by atoms with Gasteiger partial charge in [-0.25, -0.2) is 4.79 Å². The third-order valence-electron chi connectivity index (χ3n) is 2.64. The van der Waals surface area contributed by atoms with Crippen LogP contribution in [0.25, 0.3) is 0 Å². The van der Waals surface area contributed by atoms with Crippen LogP contribution in [0, 0.1) is 5.92 Å². The zero-order chi connectivity index (χ0) is 15.1. The van der Waals surface area contributed by atoms with Crippen LogP contribution in [0.4, 0.5) is 5.69 Å². The first-order valence-electron chi connectivity index (χ1n) is 6.42. The molecule has 1 rings (SSSR count). The van der Waals surface area contributed by atoms with Gasteiger partial charge in [-0.1, -0.05) is 13.8 Å². The van der Waals surface area contributed by atoms with Gasteiger partial charge >= 0.3 is 5.97 Å². The van der Waals surface area contributed by atoms with Crippen molar-refractivity contribution in [1.29, 1.82) is 0 Å². The van der Waals surface area contributed by atoms with Gasteiger partial charge in [-0.05, 0) is 30.5 Å². The third kappa shape index (κ3) is 5.17. The highest BCUT2D eigenvalue weighted by Gasteiger charge is 2.13. The molecule has 6 heteroatoms. The van der Waals surface area contributed by atoms with Crippen molar-refractivity contribution in [3.05, 3.63) is 23.8 Å². The zero-order valence-electron chi connectivity index (χ0n) is 11.7. The van der Waals surface area contributed by atoms with Crippen LogP contribution in [0.2, 0.25) is 0 Å². The van der Waals surface area contributed by atoms with Gasteiger partial charge in [-0.3, -0.25) is 4.79 Å². The van der Waals surface area contributed by atoms with Crippen LogP contribution < -0.4 is 15.8 Å². The number of ether oxygens (including phenoxy) is 1. The smallest absolute Gasteiger partial charge is 0.339 e. The van der Waals surface area contributed by atoms with Crippen LogP contribution in [-0.2, 0) is 4.79 Å². The van der Waals surface area contributed by atoms with Crippen LogP contribution in [-0.4, -0.2) is 30.1 Å². The number of carboxylic acid groups (broad SMARTS) is 1. The monoisotopic (exact) mass is 280 g/mol. The maximum Gasteiger partial charge on any atom is 0.339 e. The molecule has 0 aliphatic carbocycles. The number of rotatable bonds is 7. The van der Waals surface area contributed by atoms with Crippen LogP contribution in [0.5, 0.6) is 5.75 Å². The molecule has 0 aliphatic rings. The van der Waals surface area contributed by atoms with Gasteiger partial charge in [-0.2, -0.15) is 0 Å². The summed E-state index contributed by atoms with van der Waals surface area (Å²) in [5, 5.41) is 11.7. The Labute approximate surface area is 117 Å². The van der Waals surface area contributed by atoms with Gasteiger partial charge in [0.25, 0.3) is 5.91 Å². The standard InChI is InChI=1S/C14H20N2O4/c1-9(2)5-6-16-13(17)8-20-12-4-3-10(15)7-11(12)14(18)19/h3-4,7,9H,5-6,8,15H2,1-2H3,(H,16,17)(H,18,19). The maximum atomic E-state index is 11.5. The summed E-state index contributed by atoms with van der Waals surface area (Å²) in [5.74, 6) is -0.788. The number of amides is 1. The summed E-state index contributed by atoms with van der Waals surface area (Å²) in [6, 6.07) is 4.27. The first-order chi connectivity index (χ1) is 9.40. The van der Waals surface area contributed by atoms with Crippen molar-refractivity contribution in [2.45, 2.75) is 20.3 Å². The van der Waals surface area contributed by atoms with E-state index in [0.29, 0.717) is 18.2 Å². The number of nitrogens with two attached hydrogens (primary N) is 1. The number of hydrogen-bond donors (Lipinski definition) is 3. The van der Waals surface area contributed by atoms with Crippen molar-refractivity contribution >= 4 is 17.6 Å². The summed E-state index contributed by atoms with van der Waals surface area (Å²) in [5.41, 5.74) is 5.79. The Balaban J connectivity index is 2.53. The lowest BCUT2D eigenvalue weighted by Crippen LogP contribution is -2.30. The Hall–Kier alpha value is -2.24. The molecule has 1 aromatic carbocycles. The maximum absolute atomic E-state index is 11.5. The average Bonchev–Trinajstić information content (AvgIpc) is 2.36. The highest BCUT2D eigenvalue weighted by atomic mass is 16.5. The second kappa shape index (κ2) is 7.37. The van der Waals surface area contributed by atoms with E-state index in [0.717, 1.165) is 6.42 Å². The fraction of sp³-hybridized carbons (Fsp3) is 0.429. The summed E-state index contributed by atoms with van der Waals surface area (Å²) in [6.45, 7) is 4.49. The predicted molar refractivity (Wildman–Crippen MR) is 75.8 cm³/mol. The van der Waals surface area contributed by atoms with Gasteiger partial charge in [0, 0.05) is 12.2 Å². The van der Waals surface area contributed by atoms with Crippen molar-refractivity contribution in [2.24, 2.45) is 5.92 Å². The van der Waals surface area contributed by atoms with E-state index >= 15 is 0 Å². The van der Waals surface area contributed by atoms with Gasteiger partial charge in [0.2, 0.25) is 0 Å². The van der Waals surface area contributed by atoms with Gasteiger partial charge in [0.1, 0.15) is 11.3 Å². The van der Waals surface area contributed by atoms with E-state index in [9.17, 15) is 9.59 Å². The number of carboxylic acids is 1. The molecule has 0 atom stereocenters. The fourth-order valence-electron chi connectivity index (χ4n) is 1.54. The lowest BCUT2D eigenvalue weighted by molar-refractivity contribution is -0.123. The largest absolute Gasteiger partial charge is 0.483 e. The minimum Gasteiger partial charge on any atom is -0.483 e. The molecule has 0 unspecified atom stereocenters. The van der Waals surface area contributed by atoms with E-state index in [4.69, 9.17) is 15.6 Å². The molecule has 1 amide bonds. The molecule has 4 N–H and O–H groups in total. The Morgan fingerprint density at radius 1 is 1.40 bits per heavy atom. The van der Waals surface area contributed by atoms with Crippen LogP contribution in [0.1, 0.15) is 30.6 Å². The molecule has 0 saturated carbocycles. The fourth-order valence-corrected chi connectivity index (χ4v) is 1.54. The lowest BCUT2D eigenvalue weighted by atomic mass is 10.1. The second-order valence-corrected chi connectivity index (χ2v) is 4.88. The van der Waals surface area contributed by atoms with Crippen molar-refractivity contribution in [2.75, 3.05) is 18.9 Å². The minimum absolute atomic E-state index is 0.0556. The quantitative estimate of drug-likeness (QED) is 0.657. The lowest BCUT2D eigenvalue weighted by Gasteiger charge is -2.10. The molecule has 110 valence electrons. The second-order valence-electron chi connectivity index (χ2n) is 4.88. The molecular formula is C14H20N2O4.